The van der Waals surface area contributed by atoms with E-state index in [9.17, 15) is 4.79 Å². The highest BCUT2D eigenvalue weighted by Crippen LogP contribution is 2.33. The highest BCUT2D eigenvalue weighted by molar-refractivity contribution is 5.94. The van der Waals surface area contributed by atoms with Crippen LogP contribution in [0.3, 0.4) is 0 Å². The third-order valence-corrected chi connectivity index (χ3v) is 3.49. The van der Waals surface area contributed by atoms with Crippen LogP contribution in [0.15, 0.2) is 18.2 Å². The summed E-state index contributed by atoms with van der Waals surface area (Å²) < 4.78 is 16.5. The molecule has 7 heteroatoms. The fraction of sp³-hybridized carbons (Fsp3) is 0.500. The molecule has 2 rings (SSSR count). The summed E-state index contributed by atoms with van der Waals surface area (Å²) in [6.07, 6.45) is 0.962. The number of nitrogens with one attached hydrogen (secondary N) is 1. The van der Waals surface area contributed by atoms with Gasteiger partial charge in [0.2, 0.25) is 0 Å². The monoisotopic (exact) mass is 347 g/mol. The van der Waals surface area contributed by atoms with Crippen molar-refractivity contribution in [2.75, 3.05) is 19.8 Å². The van der Waals surface area contributed by atoms with Crippen molar-refractivity contribution in [3.63, 3.8) is 0 Å². The number of carbonyl (C=O) groups is 1. The van der Waals surface area contributed by atoms with Gasteiger partial charge in [0.15, 0.2) is 17.2 Å². The molecule has 0 unspecified atom stereocenters. The minimum Gasteiger partial charge on any atom is -0.490 e. The van der Waals surface area contributed by atoms with Crippen LogP contribution in [-0.2, 0) is 4.74 Å². The van der Waals surface area contributed by atoms with E-state index in [4.69, 9.17) is 14.2 Å². The van der Waals surface area contributed by atoms with Gasteiger partial charge in [0.1, 0.15) is 5.69 Å². The van der Waals surface area contributed by atoms with E-state index in [1.54, 1.807) is 13.0 Å². The number of esters is 1. The first-order valence-electron chi connectivity index (χ1n) is 8.54. The lowest BCUT2D eigenvalue weighted by atomic mass is 10.1. The summed E-state index contributed by atoms with van der Waals surface area (Å²) in [7, 11) is 0. The number of H-pyrrole nitrogens is 1. The number of hydrogen-bond donors (Lipinski definition) is 1. The fourth-order valence-electron chi connectivity index (χ4n) is 2.22. The Morgan fingerprint density at radius 2 is 1.92 bits per heavy atom. The second-order valence-electron chi connectivity index (χ2n) is 5.87. The molecule has 136 valence electrons. The maximum atomic E-state index is 12.0. The number of ether oxygens (including phenoxy) is 3. The zero-order valence-electron chi connectivity index (χ0n) is 15.2. The molecule has 0 fully saturated rings. The number of aromatic amines is 1. The van der Waals surface area contributed by atoms with E-state index in [2.05, 4.69) is 29.3 Å². The highest BCUT2D eigenvalue weighted by Gasteiger charge is 2.20. The van der Waals surface area contributed by atoms with Gasteiger partial charge in [-0.3, -0.25) is 0 Å². The van der Waals surface area contributed by atoms with E-state index in [0.717, 1.165) is 6.42 Å². The van der Waals surface area contributed by atoms with Gasteiger partial charge in [0.25, 0.3) is 0 Å². The molecule has 0 radical (unpaired) electrons. The molecular weight excluding hydrogens is 322 g/mol. The Morgan fingerprint density at radius 3 is 2.60 bits per heavy atom. The van der Waals surface area contributed by atoms with Crippen molar-refractivity contribution in [3.05, 3.63) is 23.9 Å². The lowest BCUT2D eigenvalue weighted by molar-refractivity contribution is 0.0520. The summed E-state index contributed by atoms with van der Waals surface area (Å²) in [5.74, 6) is 1.34. The Kier molecular flexibility index (Phi) is 6.80. The van der Waals surface area contributed by atoms with Gasteiger partial charge < -0.3 is 14.2 Å². The lowest BCUT2D eigenvalue weighted by Gasteiger charge is -2.14. The molecule has 0 atom stereocenters. The highest BCUT2D eigenvalue weighted by atomic mass is 16.5. The Labute approximate surface area is 147 Å². The minimum absolute atomic E-state index is 0.151. The largest absolute Gasteiger partial charge is 0.490 e. The van der Waals surface area contributed by atoms with Crippen molar-refractivity contribution < 1.29 is 19.0 Å². The number of carbonyl (C=O) groups excluding carboxylic acids is 1. The molecule has 0 aliphatic rings. The van der Waals surface area contributed by atoms with Crippen LogP contribution in [0.4, 0.5) is 0 Å². The van der Waals surface area contributed by atoms with Gasteiger partial charge >= 0.3 is 5.97 Å². The first-order valence-corrected chi connectivity index (χ1v) is 8.54. The molecule has 0 aliphatic heterocycles. The molecule has 1 N–H and O–H groups in total. The van der Waals surface area contributed by atoms with Crippen molar-refractivity contribution in [2.24, 2.45) is 5.92 Å². The van der Waals surface area contributed by atoms with Crippen LogP contribution in [0.25, 0.3) is 11.3 Å². The third kappa shape index (κ3) is 4.95. The quantitative estimate of drug-likeness (QED) is 0.699. The molecule has 1 aromatic carbocycles. The normalized spacial score (nSPS) is 10.8. The van der Waals surface area contributed by atoms with E-state index < -0.39 is 5.97 Å². The molecule has 1 aromatic heterocycles. The molecule has 2 aromatic rings. The number of benzene rings is 1. The Balaban J connectivity index is 2.27. The predicted octanol–water partition coefficient (Wildman–Crippen LogP) is 3.47. The molecular formula is C18H25N3O4. The summed E-state index contributed by atoms with van der Waals surface area (Å²) in [4.78, 5) is 12.0. The standard InChI is InChI=1S/C18H25N3O4/c1-5-23-15-11-13(7-8-14(15)25-10-9-12(3)4)16-17(20-21-19-16)18(22)24-6-2/h7-8,11-12H,5-6,9-10H2,1-4H3,(H,19,20,21). The molecule has 0 saturated heterocycles. The van der Waals surface area contributed by atoms with Gasteiger partial charge in [-0.05, 0) is 44.4 Å². The Bertz CT molecular complexity index is 697. The number of aromatic nitrogens is 3. The molecule has 25 heavy (non-hydrogen) atoms. The van der Waals surface area contributed by atoms with Crippen LogP contribution in [0.2, 0.25) is 0 Å². The zero-order valence-corrected chi connectivity index (χ0v) is 15.2. The van der Waals surface area contributed by atoms with Gasteiger partial charge in [0, 0.05) is 5.56 Å². The van der Waals surface area contributed by atoms with E-state index in [1.807, 2.05) is 19.1 Å². The summed E-state index contributed by atoms with van der Waals surface area (Å²) in [6.45, 7) is 9.36. The Hall–Kier alpha value is -2.57. The van der Waals surface area contributed by atoms with Crippen molar-refractivity contribution in [1.29, 1.82) is 0 Å². The smallest absolute Gasteiger partial charge is 0.361 e. The topological polar surface area (TPSA) is 86.3 Å². The lowest BCUT2D eigenvalue weighted by Crippen LogP contribution is -2.07. The average molecular weight is 347 g/mol. The molecule has 0 spiro atoms. The van der Waals surface area contributed by atoms with Gasteiger partial charge in [-0.2, -0.15) is 10.3 Å². The van der Waals surface area contributed by atoms with Gasteiger partial charge in [-0.15, -0.1) is 5.10 Å². The van der Waals surface area contributed by atoms with Crippen molar-refractivity contribution in [1.82, 2.24) is 15.4 Å². The maximum absolute atomic E-state index is 12.0. The second kappa shape index (κ2) is 9.05. The minimum atomic E-state index is -0.513. The SMILES string of the molecule is CCOC(=O)c1n[nH]nc1-c1ccc(OCCC(C)C)c(OCC)c1. The summed E-state index contributed by atoms with van der Waals surface area (Å²) >= 11 is 0. The molecule has 0 aliphatic carbocycles. The molecule has 0 saturated carbocycles. The van der Waals surface area contributed by atoms with Crippen LogP contribution in [-0.4, -0.2) is 41.2 Å². The second-order valence-corrected chi connectivity index (χ2v) is 5.87. The summed E-state index contributed by atoms with van der Waals surface area (Å²) in [5.41, 5.74) is 1.28. The number of rotatable bonds is 9. The summed E-state index contributed by atoms with van der Waals surface area (Å²) in [5, 5.41) is 10.4. The van der Waals surface area contributed by atoms with Crippen molar-refractivity contribution in [2.45, 2.75) is 34.1 Å². The molecule has 1 heterocycles. The maximum Gasteiger partial charge on any atom is 0.361 e. The molecule has 0 amide bonds. The molecule has 0 bridgehead atoms. The van der Waals surface area contributed by atoms with E-state index in [-0.39, 0.29) is 12.3 Å². The Morgan fingerprint density at radius 1 is 1.12 bits per heavy atom. The fourth-order valence-corrected chi connectivity index (χ4v) is 2.22. The van der Waals surface area contributed by atoms with Gasteiger partial charge in [0.05, 0.1) is 19.8 Å². The number of nitrogens with zero attached hydrogens (tertiary/aromatic N) is 2. The first kappa shape index (κ1) is 18.8. The van der Waals surface area contributed by atoms with Crippen LogP contribution < -0.4 is 9.47 Å². The third-order valence-electron chi connectivity index (χ3n) is 3.49. The summed E-state index contributed by atoms with van der Waals surface area (Å²) in [6, 6.07) is 5.45. The van der Waals surface area contributed by atoms with E-state index in [0.29, 0.717) is 41.9 Å². The molecule has 7 nitrogen and oxygen atoms in total. The van der Waals surface area contributed by atoms with Crippen LogP contribution in [0.1, 0.15) is 44.6 Å². The first-order chi connectivity index (χ1) is 12.1. The zero-order chi connectivity index (χ0) is 18.2. The van der Waals surface area contributed by atoms with Crippen LogP contribution in [0.5, 0.6) is 11.5 Å². The van der Waals surface area contributed by atoms with E-state index >= 15 is 0 Å². The predicted molar refractivity (Wildman–Crippen MR) is 93.9 cm³/mol. The number of hydrogen-bond acceptors (Lipinski definition) is 6. The van der Waals surface area contributed by atoms with Crippen LogP contribution >= 0.6 is 0 Å². The van der Waals surface area contributed by atoms with Crippen LogP contribution in [0, 0.1) is 5.92 Å². The van der Waals surface area contributed by atoms with Gasteiger partial charge in [-0.1, -0.05) is 13.8 Å². The van der Waals surface area contributed by atoms with Crippen molar-refractivity contribution in [3.8, 4) is 22.8 Å². The average Bonchev–Trinajstić information content (AvgIpc) is 3.06. The van der Waals surface area contributed by atoms with Gasteiger partial charge in [-0.25, -0.2) is 4.79 Å². The van der Waals surface area contributed by atoms with E-state index in [1.165, 1.54) is 0 Å². The van der Waals surface area contributed by atoms with Crippen molar-refractivity contribution >= 4 is 5.97 Å².